The topological polar surface area (TPSA) is 62.6 Å². The molecule has 0 bridgehead atoms. The molecule has 1 aromatic heterocycles. The van der Waals surface area contributed by atoms with Crippen molar-refractivity contribution in [2.24, 2.45) is 0 Å². The van der Waals surface area contributed by atoms with Crippen LogP contribution in [0.5, 0.6) is 0 Å². The number of carbonyl (C=O) groups is 2. The molecule has 29 heavy (non-hydrogen) atoms. The van der Waals surface area contributed by atoms with Gasteiger partial charge in [0.2, 0.25) is 11.8 Å². The van der Waals surface area contributed by atoms with Crippen LogP contribution in [-0.2, 0) is 29.1 Å². The number of halogens is 1. The third-order valence-electron chi connectivity index (χ3n) is 4.65. The van der Waals surface area contributed by atoms with E-state index in [0.29, 0.717) is 17.3 Å². The Balaban J connectivity index is 1.73. The van der Waals surface area contributed by atoms with Gasteiger partial charge in [-0.1, -0.05) is 54.1 Å². The van der Waals surface area contributed by atoms with E-state index in [0.717, 1.165) is 11.1 Å². The standard InChI is InChI=1S/C23H23ClN2O3/c1-17(23(28)25-15-21-8-5-13-29-21)26(16-19-9-11-20(24)12-10-19)22(27)14-18-6-3-2-4-7-18/h2-13,17H,14-16H2,1H3,(H,25,28)/t17-/m0/s1. The molecular weight excluding hydrogens is 388 g/mol. The first kappa shape index (κ1) is 20.7. The minimum Gasteiger partial charge on any atom is -0.467 e. The Hall–Kier alpha value is -3.05. The van der Waals surface area contributed by atoms with Crippen LogP contribution in [0.15, 0.2) is 77.4 Å². The van der Waals surface area contributed by atoms with Gasteiger partial charge >= 0.3 is 0 Å². The first-order valence-electron chi connectivity index (χ1n) is 9.41. The summed E-state index contributed by atoms with van der Waals surface area (Å²) in [4.78, 5) is 27.4. The molecule has 5 nitrogen and oxygen atoms in total. The normalized spacial score (nSPS) is 11.7. The van der Waals surface area contributed by atoms with Crippen LogP contribution in [0.25, 0.3) is 0 Å². The summed E-state index contributed by atoms with van der Waals surface area (Å²) in [6.45, 7) is 2.33. The summed E-state index contributed by atoms with van der Waals surface area (Å²) in [5, 5.41) is 3.46. The summed E-state index contributed by atoms with van der Waals surface area (Å²) in [5.74, 6) is 0.300. The highest BCUT2D eigenvalue weighted by molar-refractivity contribution is 6.30. The van der Waals surface area contributed by atoms with Gasteiger partial charge in [0.1, 0.15) is 11.8 Å². The zero-order valence-electron chi connectivity index (χ0n) is 16.2. The molecule has 0 saturated heterocycles. The Bertz CT molecular complexity index is 925. The second-order valence-corrected chi connectivity index (χ2v) is 7.22. The summed E-state index contributed by atoms with van der Waals surface area (Å²) in [7, 11) is 0. The predicted octanol–water partition coefficient (Wildman–Crippen LogP) is 4.21. The number of carbonyl (C=O) groups excluding carboxylic acids is 2. The van der Waals surface area contributed by atoms with Crippen molar-refractivity contribution in [2.75, 3.05) is 0 Å². The molecule has 0 unspecified atom stereocenters. The molecule has 0 aliphatic rings. The lowest BCUT2D eigenvalue weighted by atomic mass is 10.1. The van der Waals surface area contributed by atoms with E-state index >= 15 is 0 Å². The van der Waals surface area contributed by atoms with Gasteiger partial charge in [-0.25, -0.2) is 0 Å². The molecule has 0 saturated carbocycles. The van der Waals surface area contributed by atoms with Crippen LogP contribution in [0.2, 0.25) is 5.02 Å². The molecule has 0 spiro atoms. The number of amides is 2. The molecule has 2 amide bonds. The van der Waals surface area contributed by atoms with Gasteiger partial charge < -0.3 is 14.6 Å². The van der Waals surface area contributed by atoms with Crippen molar-refractivity contribution in [3.8, 4) is 0 Å². The lowest BCUT2D eigenvalue weighted by molar-refractivity contribution is -0.140. The van der Waals surface area contributed by atoms with Gasteiger partial charge in [-0.3, -0.25) is 9.59 Å². The zero-order chi connectivity index (χ0) is 20.6. The highest BCUT2D eigenvalue weighted by Crippen LogP contribution is 2.15. The van der Waals surface area contributed by atoms with Crippen molar-refractivity contribution in [3.63, 3.8) is 0 Å². The van der Waals surface area contributed by atoms with Gasteiger partial charge in [0, 0.05) is 11.6 Å². The van der Waals surface area contributed by atoms with Gasteiger partial charge in [0.15, 0.2) is 0 Å². The molecule has 0 aliphatic heterocycles. The van der Waals surface area contributed by atoms with Crippen molar-refractivity contribution in [3.05, 3.63) is 94.9 Å². The Morgan fingerprint density at radius 2 is 1.72 bits per heavy atom. The Kier molecular flexibility index (Phi) is 7.09. The SMILES string of the molecule is C[C@@H](C(=O)NCc1ccco1)N(Cc1ccc(Cl)cc1)C(=O)Cc1ccccc1. The molecule has 1 N–H and O–H groups in total. The number of nitrogens with one attached hydrogen (secondary N) is 1. The van der Waals surface area contributed by atoms with Crippen molar-refractivity contribution in [1.29, 1.82) is 0 Å². The van der Waals surface area contributed by atoms with Crippen molar-refractivity contribution in [2.45, 2.75) is 32.5 Å². The van der Waals surface area contributed by atoms with Crippen molar-refractivity contribution < 1.29 is 14.0 Å². The van der Waals surface area contributed by atoms with Gasteiger partial charge in [-0.05, 0) is 42.3 Å². The molecule has 2 aromatic carbocycles. The lowest BCUT2D eigenvalue weighted by Crippen LogP contribution is -2.47. The second kappa shape index (κ2) is 9.94. The van der Waals surface area contributed by atoms with E-state index in [-0.39, 0.29) is 24.8 Å². The van der Waals surface area contributed by atoms with E-state index < -0.39 is 6.04 Å². The zero-order valence-corrected chi connectivity index (χ0v) is 16.9. The van der Waals surface area contributed by atoms with E-state index in [9.17, 15) is 9.59 Å². The molecule has 150 valence electrons. The third kappa shape index (κ3) is 5.96. The van der Waals surface area contributed by atoms with Crippen molar-refractivity contribution >= 4 is 23.4 Å². The molecule has 3 rings (SSSR count). The maximum Gasteiger partial charge on any atom is 0.242 e. The van der Waals surface area contributed by atoms with Crippen LogP contribution < -0.4 is 5.32 Å². The Labute approximate surface area is 175 Å². The summed E-state index contributed by atoms with van der Waals surface area (Å²) in [6, 6.07) is 19.7. The Morgan fingerprint density at radius 1 is 1.00 bits per heavy atom. The lowest BCUT2D eigenvalue weighted by Gasteiger charge is -2.29. The average Bonchev–Trinajstić information content (AvgIpc) is 3.25. The number of hydrogen-bond donors (Lipinski definition) is 1. The Morgan fingerprint density at radius 3 is 2.38 bits per heavy atom. The highest BCUT2D eigenvalue weighted by Gasteiger charge is 2.26. The largest absolute Gasteiger partial charge is 0.467 e. The molecule has 6 heteroatoms. The fraction of sp³-hybridized carbons (Fsp3) is 0.217. The van der Waals surface area contributed by atoms with Crippen LogP contribution in [-0.4, -0.2) is 22.8 Å². The number of furan rings is 1. The number of nitrogens with zero attached hydrogens (tertiary/aromatic N) is 1. The fourth-order valence-corrected chi connectivity index (χ4v) is 3.10. The summed E-state index contributed by atoms with van der Waals surface area (Å²) >= 11 is 5.97. The molecule has 0 fully saturated rings. The first-order chi connectivity index (χ1) is 14.0. The first-order valence-corrected chi connectivity index (χ1v) is 9.78. The van der Waals surface area contributed by atoms with E-state index in [1.54, 1.807) is 42.4 Å². The van der Waals surface area contributed by atoms with E-state index in [1.807, 2.05) is 42.5 Å². The molecule has 1 atom stereocenters. The van der Waals surface area contributed by atoms with Gasteiger partial charge in [-0.2, -0.15) is 0 Å². The maximum absolute atomic E-state index is 13.1. The van der Waals surface area contributed by atoms with E-state index in [2.05, 4.69) is 5.32 Å². The minimum atomic E-state index is -0.642. The van der Waals surface area contributed by atoms with Gasteiger partial charge in [0.05, 0.1) is 19.2 Å². The van der Waals surface area contributed by atoms with Crippen LogP contribution in [0.1, 0.15) is 23.8 Å². The molecular formula is C23H23ClN2O3. The van der Waals surface area contributed by atoms with Crippen molar-refractivity contribution in [1.82, 2.24) is 10.2 Å². The number of hydrogen-bond acceptors (Lipinski definition) is 3. The van der Waals surface area contributed by atoms with E-state index in [4.69, 9.17) is 16.0 Å². The molecule has 0 aliphatic carbocycles. The maximum atomic E-state index is 13.1. The van der Waals surface area contributed by atoms with Gasteiger partial charge in [0.25, 0.3) is 0 Å². The monoisotopic (exact) mass is 410 g/mol. The highest BCUT2D eigenvalue weighted by atomic mass is 35.5. The molecule has 1 heterocycles. The average molecular weight is 411 g/mol. The van der Waals surface area contributed by atoms with Gasteiger partial charge in [-0.15, -0.1) is 0 Å². The third-order valence-corrected chi connectivity index (χ3v) is 4.90. The molecule has 3 aromatic rings. The predicted molar refractivity (Wildman–Crippen MR) is 112 cm³/mol. The minimum absolute atomic E-state index is 0.119. The number of benzene rings is 2. The summed E-state index contributed by atoms with van der Waals surface area (Å²) in [6.07, 6.45) is 1.78. The van der Waals surface area contributed by atoms with Crippen LogP contribution in [0.4, 0.5) is 0 Å². The smallest absolute Gasteiger partial charge is 0.242 e. The van der Waals surface area contributed by atoms with E-state index in [1.165, 1.54) is 0 Å². The number of rotatable bonds is 8. The van der Waals surface area contributed by atoms with Crippen LogP contribution >= 0.6 is 11.6 Å². The van der Waals surface area contributed by atoms with Crippen LogP contribution in [0, 0.1) is 0 Å². The summed E-state index contributed by atoms with van der Waals surface area (Å²) in [5.41, 5.74) is 1.81. The quantitative estimate of drug-likeness (QED) is 0.605. The second-order valence-electron chi connectivity index (χ2n) is 6.78. The molecule has 0 radical (unpaired) electrons. The fourth-order valence-electron chi connectivity index (χ4n) is 2.98. The van der Waals surface area contributed by atoms with Crippen LogP contribution in [0.3, 0.4) is 0 Å². The summed E-state index contributed by atoms with van der Waals surface area (Å²) < 4.78 is 5.25.